The molecule has 2 aromatic heterocycles. The Labute approximate surface area is 160 Å². The maximum Gasteiger partial charge on any atom is 0.161 e. The minimum atomic E-state index is 0.602. The second-order valence-corrected chi connectivity index (χ2v) is 7.25. The minimum absolute atomic E-state index is 0.602. The molecule has 1 aromatic carbocycles. The lowest BCUT2D eigenvalue weighted by atomic mass is 10.2. The average Bonchev–Trinajstić information content (AvgIpc) is 3.10. The van der Waals surface area contributed by atoms with Crippen LogP contribution in [-0.4, -0.2) is 23.7 Å². The molecule has 0 aliphatic carbocycles. The van der Waals surface area contributed by atoms with Gasteiger partial charge in [-0.05, 0) is 37.3 Å². The first-order chi connectivity index (χ1) is 12.2. The van der Waals surface area contributed by atoms with Crippen molar-refractivity contribution in [2.75, 3.05) is 13.7 Å². The lowest BCUT2D eigenvalue weighted by molar-refractivity contribution is 0.311. The number of nitrogens with zero attached hydrogens (tertiary/aromatic N) is 2. The maximum atomic E-state index is 6.14. The summed E-state index contributed by atoms with van der Waals surface area (Å²) in [5.41, 5.74) is 2.01. The van der Waals surface area contributed by atoms with Crippen molar-refractivity contribution in [3.63, 3.8) is 0 Å². The molecule has 0 fully saturated rings. The van der Waals surface area contributed by atoms with Crippen molar-refractivity contribution in [3.8, 4) is 22.1 Å². The summed E-state index contributed by atoms with van der Waals surface area (Å²) in [7, 11) is 1.64. The van der Waals surface area contributed by atoms with Crippen LogP contribution >= 0.6 is 34.7 Å². The largest absolute Gasteiger partial charge is 0.493 e. The molecule has 7 heteroatoms. The highest BCUT2D eigenvalue weighted by atomic mass is 35.5. The summed E-state index contributed by atoms with van der Waals surface area (Å²) in [6, 6.07) is 9.54. The fourth-order valence-electron chi connectivity index (χ4n) is 2.20. The van der Waals surface area contributed by atoms with Gasteiger partial charge in [-0.15, -0.1) is 11.3 Å². The molecule has 2 heterocycles. The number of ether oxygens (including phenoxy) is 2. The van der Waals surface area contributed by atoms with Gasteiger partial charge < -0.3 is 9.47 Å². The van der Waals surface area contributed by atoms with Crippen molar-refractivity contribution in [2.24, 2.45) is 0 Å². The van der Waals surface area contributed by atoms with E-state index >= 15 is 0 Å². The van der Waals surface area contributed by atoms with E-state index in [9.17, 15) is 0 Å². The molecule has 0 atom stereocenters. The van der Waals surface area contributed by atoms with Crippen molar-refractivity contribution < 1.29 is 9.47 Å². The number of methoxy groups -OCH3 is 1. The van der Waals surface area contributed by atoms with Crippen LogP contribution in [-0.2, 0) is 5.75 Å². The van der Waals surface area contributed by atoms with E-state index in [4.69, 9.17) is 26.1 Å². The number of thiazole rings is 1. The highest BCUT2D eigenvalue weighted by Gasteiger charge is 2.11. The van der Waals surface area contributed by atoms with Gasteiger partial charge in [-0.2, -0.15) is 0 Å². The van der Waals surface area contributed by atoms with Crippen LogP contribution in [0.1, 0.15) is 12.6 Å². The zero-order valence-corrected chi connectivity index (χ0v) is 16.2. The van der Waals surface area contributed by atoms with Crippen LogP contribution < -0.4 is 9.47 Å². The third-order valence-corrected chi connectivity index (χ3v) is 5.74. The summed E-state index contributed by atoms with van der Waals surface area (Å²) in [4.78, 5) is 8.99. The van der Waals surface area contributed by atoms with E-state index in [-0.39, 0.29) is 0 Å². The molecule has 130 valence electrons. The van der Waals surface area contributed by atoms with Gasteiger partial charge in [-0.3, -0.25) is 0 Å². The number of thioether (sulfide) groups is 1. The van der Waals surface area contributed by atoms with E-state index in [0.717, 1.165) is 32.8 Å². The predicted octanol–water partition coefficient (Wildman–Crippen LogP) is 5.56. The van der Waals surface area contributed by atoms with Crippen molar-refractivity contribution in [3.05, 3.63) is 52.6 Å². The van der Waals surface area contributed by atoms with Gasteiger partial charge in [0.25, 0.3) is 0 Å². The molecule has 0 aliphatic heterocycles. The molecule has 0 saturated carbocycles. The molecule has 0 bridgehead atoms. The number of benzene rings is 1. The zero-order valence-electron chi connectivity index (χ0n) is 13.9. The second-order valence-electron chi connectivity index (χ2n) is 5.02. The predicted molar refractivity (Wildman–Crippen MR) is 104 cm³/mol. The molecule has 3 aromatic rings. The van der Waals surface area contributed by atoms with Crippen LogP contribution in [0.15, 0.2) is 46.9 Å². The van der Waals surface area contributed by atoms with Gasteiger partial charge in [-0.1, -0.05) is 23.4 Å². The van der Waals surface area contributed by atoms with Gasteiger partial charge in [0, 0.05) is 22.9 Å². The SMILES string of the molecule is CCOc1ccc(-c2nc(CSc3ncccc3Cl)cs2)cc1OC. The monoisotopic (exact) mass is 392 g/mol. The summed E-state index contributed by atoms with van der Waals surface area (Å²) in [5, 5.41) is 4.49. The van der Waals surface area contributed by atoms with E-state index in [1.54, 1.807) is 36.4 Å². The molecule has 0 amide bonds. The first-order valence-corrected chi connectivity index (χ1v) is 9.94. The highest BCUT2D eigenvalue weighted by Crippen LogP contribution is 2.35. The minimum Gasteiger partial charge on any atom is -0.493 e. The number of hydrogen-bond donors (Lipinski definition) is 0. The van der Waals surface area contributed by atoms with Crippen LogP contribution in [0.2, 0.25) is 5.02 Å². The Kier molecular flexibility index (Phi) is 6.18. The lowest BCUT2D eigenvalue weighted by Gasteiger charge is -2.09. The van der Waals surface area contributed by atoms with Crippen LogP contribution in [0.5, 0.6) is 11.5 Å². The smallest absolute Gasteiger partial charge is 0.161 e. The van der Waals surface area contributed by atoms with Crippen molar-refractivity contribution in [2.45, 2.75) is 17.7 Å². The molecule has 0 aliphatic rings. The number of pyridine rings is 1. The molecule has 0 saturated heterocycles. The van der Waals surface area contributed by atoms with E-state index in [1.165, 1.54) is 0 Å². The summed E-state index contributed by atoms with van der Waals surface area (Å²) in [5.74, 6) is 2.18. The topological polar surface area (TPSA) is 44.2 Å². The second kappa shape index (κ2) is 8.56. The van der Waals surface area contributed by atoms with Crippen molar-refractivity contribution in [1.82, 2.24) is 9.97 Å². The highest BCUT2D eigenvalue weighted by molar-refractivity contribution is 7.98. The summed E-state index contributed by atoms with van der Waals surface area (Å²) >= 11 is 9.33. The van der Waals surface area contributed by atoms with E-state index in [2.05, 4.69) is 10.4 Å². The van der Waals surface area contributed by atoms with Crippen LogP contribution in [0.25, 0.3) is 10.6 Å². The molecular formula is C18H17ClN2O2S2. The Morgan fingerprint density at radius 2 is 2.12 bits per heavy atom. The Bertz CT molecular complexity index is 855. The normalized spacial score (nSPS) is 10.7. The van der Waals surface area contributed by atoms with Crippen LogP contribution in [0, 0.1) is 0 Å². The molecular weight excluding hydrogens is 376 g/mol. The molecule has 0 N–H and O–H groups in total. The van der Waals surface area contributed by atoms with Gasteiger partial charge in [0.1, 0.15) is 10.0 Å². The Morgan fingerprint density at radius 1 is 1.24 bits per heavy atom. The standard InChI is InChI=1S/C18H17ClN2O2S2/c1-3-23-15-7-6-12(9-16(15)22-2)17-21-13(10-24-17)11-25-18-14(19)5-4-8-20-18/h4-10H,3,11H2,1-2H3. The first-order valence-electron chi connectivity index (χ1n) is 7.70. The van der Waals surface area contributed by atoms with E-state index in [1.807, 2.05) is 37.3 Å². The number of rotatable bonds is 7. The summed E-state index contributed by atoms with van der Waals surface area (Å²) in [6.07, 6.45) is 1.74. The Morgan fingerprint density at radius 3 is 2.88 bits per heavy atom. The lowest BCUT2D eigenvalue weighted by Crippen LogP contribution is -1.95. The van der Waals surface area contributed by atoms with Gasteiger partial charge >= 0.3 is 0 Å². The van der Waals surface area contributed by atoms with Gasteiger partial charge in [0.05, 0.1) is 24.4 Å². The molecule has 0 spiro atoms. The molecule has 4 nitrogen and oxygen atoms in total. The Balaban J connectivity index is 1.74. The van der Waals surface area contributed by atoms with E-state index < -0.39 is 0 Å². The fourth-order valence-corrected chi connectivity index (χ4v) is 4.18. The summed E-state index contributed by atoms with van der Waals surface area (Å²) < 4.78 is 11.0. The number of halogens is 1. The molecule has 0 unspecified atom stereocenters. The van der Waals surface area contributed by atoms with Gasteiger partial charge in [0.15, 0.2) is 11.5 Å². The number of aromatic nitrogens is 2. The maximum absolute atomic E-state index is 6.14. The third-order valence-electron chi connectivity index (χ3n) is 3.34. The average molecular weight is 393 g/mol. The Hall–Kier alpha value is -1.76. The van der Waals surface area contributed by atoms with E-state index in [0.29, 0.717) is 17.4 Å². The zero-order chi connectivity index (χ0) is 17.6. The van der Waals surface area contributed by atoms with Crippen molar-refractivity contribution in [1.29, 1.82) is 0 Å². The van der Waals surface area contributed by atoms with Crippen molar-refractivity contribution >= 4 is 34.7 Å². The molecule has 0 radical (unpaired) electrons. The van der Waals surface area contributed by atoms with Gasteiger partial charge in [0.2, 0.25) is 0 Å². The van der Waals surface area contributed by atoms with Crippen LogP contribution in [0.4, 0.5) is 0 Å². The summed E-state index contributed by atoms with van der Waals surface area (Å²) in [6.45, 7) is 2.55. The third kappa shape index (κ3) is 4.45. The quantitative estimate of drug-likeness (QED) is 0.492. The van der Waals surface area contributed by atoms with Crippen LogP contribution in [0.3, 0.4) is 0 Å². The molecule has 25 heavy (non-hydrogen) atoms. The number of hydrogen-bond acceptors (Lipinski definition) is 6. The van der Waals surface area contributed by atoms with Gasteiger partial charge in [-0.25, -0.2) is 9.97 Å². The fraction of sp³-hybridized carbons (Fsp3) is 0.222. The first kappa shape index (κ1) is 18.0. The molecule has 3 rings (SSSR count).